The van der Waals surface area contributed by atoms with E-state index >= 15 is 0 Å². The average Bonchev–Trinajstić information content (AvgIpc) is 2.23. The molecule has 7 N–H and O–H groups in total. The molecule has 0 aromatic rings. The zero-order chi connectivity index (χ0) is 14.5. The number of ketones is 1. The smallest absolute Gasteiger partial charge is 0.320 e. The van der Waals surface area contributed by atoms with Crippen LogP contribution < -0.4 is 17.2 Å². The number of aliphatic carboxylic acids is 1. The number of primary amides is 1. The lowest BCUT2D eigenvalue weighted by atomic mass is 9.78. The van der Waals surface area contributed by atoms with Gasteiger partial charge in [0.2, 0.25) is 5.91 Å². The van der Waals surface area contributed by atoms with Crippen molar-refractivity contribution < 1.29 is 19.5 Å². The lowest BCUT2D eigenvalue weighted by molar-refractivity contribution is -0.140. The minimum Gasteiger partial charge on any atom is -0.480 e. The summed E-state index contributed by atoms with van der Waals surface area (Å²) in [6.45, 7) is 3.17. The predicted octanol–water partition coefficient (Wildman–Crippen LogP) is -1.02. The van der Waals surface area contributed by atoms with Crippen LogP contribution in [0.5, 0.6) is 0 Å². The van der Waals surface area contributed by atoms with Crippen LogP contribution in [0.4, 0.5) is 0 Å². The molecule has 0 fully saturated rings. The van der Waals surface area contributed by atoms with Crippen LogP contribution >= 0.6 is 0 Å². The molecule has 0 aromatic carbocycles. The van der Waals surface area contributed by atoms with Gasteiger partial charge in [0.05, 0.1) is 6.04 Å². The highest BCUT2D eigenvalue weighted by atomic mass is 16.4. The first-order valence-electron chi connectivity index (χ1n) is 5.64. The van der Waals surface area contributed by atoms with Crippen molar-refractivity contribution in [2.45, 2.75) is 45.2 Å². The Morgan fingerprint density at radius 2 is 1.67 bits per heavy atom. The maximum Gasteiger partial charge on any atom is 0.320 e. The van der Waals surface area contributed by atoms with E-state index in [2.05, 4.69) is 0 Å². The molecule has 0 saturated carbocycles. The number of Topliss-reactive ketones (excluding diaryl/α,β-unsaturated/α-hetero) is 1. The molecular formula is C11H21N3O4. The third kappa shape index (κ3) is 5.24. The number of amides is 1. The summed E-state index contributed by atoms with van der Waals surface area (Å²) in [5, 5.41) is 8.71. The molecule has 0 aliphatic carbocycles. The maximum atomic E-state index is 12.0. The van der Waals surface area contributed by atoms with Gasteiger partial charge in [-0.05, 0) is 12.8 Å². The van der Waals surface area contributed by atoms with E-state index in [1.807, 2.05) is 0 Å². The summed E-state index contributed by atoms with van der Waals surface area (Å²) in [5.74, 6) is -2.01. The minimum absolute atomic E-state index is 0.00849. The van der Waals surface area contributed by atoms with Crippen LogP contribution in [0.2, 0.25) is 0 Å². The van der Waals surface area contributed by atoms with E-state index in [0.717, 1.165) is 0 Å². The van der Waals surface area contributed by atoms with Gasteiger partial charge in [-0.2, -0.15) is 0 Å². The van der Waals surface area contributed by atoms with E-state index in [0.29, 0.717) is 0 Å². The number of carboxylic acid groups (broad SMARTS) is 1. The maximum absolute atomic E-state index is 12.0. The van der Waals surface area contributed by atoms with Crippen molar-refractivity contribution in [2.75, 3.05) is 0 Å². The number of hydrogen-bond acceptors (Lipinski definition) is 5. The SMILES string of the molecule is CC(C)(C[C@H](N)C(=O)O)C(=O)[C@@H](N)CCC(N)=O. The zero-order valence-corrected chi connectivity index (χ0v) is 10.7. The first kappa shape index (κ1) is 16.5. The molecule has 0 aromatic heterocycles. The summed E-state index contributed by atoms with van der Waals surface area (Å²) in [5.41, 5.74) is 15.1. The quantitative estimate of drug-likeness (QED) is 0.438. The fraction of sp³-hybridized carbons (Fsp3) is 0.727. The highest BCUT2D eigenvalue weighted by Crippen LogP contribution is 2.25. The average molecular weight is 259 g/mol. The molecule has 0 aliphatic rings. The number of nitrogens with two attached hydrogens (primary N) is 3. The van der Waals surface area contributed by atoms with Gasteiger partial charge in [-0.3, -0.25) is 14.4 Å². The molecule has 2 atom stereocenters. The second kappa shape index (κ2) is 6.46. The second-order valence-corrected chi connectivity index (χ2v) is 5.01. The Morgan fingerprint density at radius 3 is 2.06 bits per heavy atom. The highest BCUT2D eigenvalue weighted by Gasteiger charge is 2.35. The summed E-state index contributed by atoms with van der Waals surface area (Å²) in [6, 6.07) is -1.96. The fourth-order valence-corrected chi connectivity index (χ4v) is 1.67. The number of carbonyl (C=O) groups excluding carboxylic acids is 2. The van der Waals surface area contributed by atoms with Crippen LogP contribution in [0.1, 0.15) is 33.1 Å². The van der Waals surface area contributed by atoms with Gasteiger partial charge in [0.1, 0.15) is 6.04 Å². The number of rotatable bonds is 8. The molecule has 0 radical (unpaired) electrons. The Labute approximate surface area is 106 Å². The fourth-order valence-electron chi connectivity index (χ4n) is 1.67. The summed E-state index contributed by atoms with van der Waals surface area (Å²) in [7, 11) is 0. The van der Waals surface area contributed by atoms with Gasteiger partial charge in [-0.15, -0.1) is 0 Å². The molecule has 7 heteroatoms. The van der Waals surface area contributed by atoms with Crippen molar-refractivity contribution in [1.82, 2.24) is 0 Å². The third-order valence-corrected chi connectivity index (χ3v) is 2.75. The van der Waals surface area contributed by atoms with Crippen LogP contribution in [-0.2, 0) is 14.4 Å². The lowest BCUT2D eigenvalue weighted by Gasteiger charge is -2.27. The van der Waals surface area contributed by atoms with E-state index in [1.54, 1.807) is 13.8 Å². The van der Waals surface area contributed by atoms with Gasteiger partial charge in [-0.1, -0.05) is 13.8 Å². The van der Waals surface area contributed by atoms with Crippen LogP contribution in [0.3, 0.4) is 0 Å². The lowest BCUT2D eigenvalue weighted by Crippen LogP contribution is -2.45. The van der Waals surface area contributed by atoms with Gasteiger partial charge in [-0.25, -0.2) is 0 Å². The van der Waals surface area contributed by atoms with Crippen molar-refractivity contribution in [3.05, 3.63) is 0 Å². The molecule has 0 rings (SSSR count). The van der Waals surface area contributed by atoms with Crippen molar-refractivity contribution in [1.29, 1.82) is 0 Å². The number of carbonyl (C=O) groups is 3. The first-order chi connectivity index (χ1) is 8.08. The van der Waals surface area contributed by atoms with Crippen molar-refractivity contribution in [3.63, 3.8) is 0 Å². The molecule has 0 saturated heterocycles. The van der Waals surface area contributed by atoms with Crippen molar-refractivity contribution in [3.8, 4) is 0 Å². The standard InChI is InChI=1S/C11H21N3O4/c1-11(2,5-7(13)10(17)18)9(16)6(12)3-4-8(14)15/h6-7H,3-5,12-13H2,1-2H3,(H2,14,15)(H,17,18)/t6-,7-/m0/s1. The third-order valence-electron chi connectivity index (χ3n) is 2.75. The van der Waals surface area contributed by atoms with E-state index in [4.69, 9.17) is 22.3 Å². The Morgan fingerprint density at radius 1 is 1.17 bits per heavy atom. The molecule has 1 amide bonds. The normalized spacial score (nSPS) is 14.9. The zero-order valence-electron chi connectivity index (χ0n) is 10.7. The summed E-state index contributed by atoms with van der Waals surface area (Å²) >= 11 is 0. The van der Waals surface area contributed by atoms with E-state index in [-0.39, 0.29) is 25.0 Å². The van der Waals surface area contributed by atoms with E-state index in [9.17, 15) is 14.4 Å². The summed E-state index contributed by atoms with van der Waals surface area (Å²) in [6.07, 6.45) is 0.166. The summed E-state index contributed by atoms with van der Waals surface area (Å²) < 4.78 is 0. The van der Waals surface area contributed by atoms with Gasteiger partial charge in [0, 0.05) is 11.8 Å². The van der Waals surface area contributed by atoms with E-state index in [1.165, 1.54) is 0 Å². The Balaban J connectivity index is 4.54. The van der Waals surface area contributed by atoms with Gasteiger partial charge < -0.3 is 22.3 Å². The molecule has 0 unspecified atom stereocenters. The largest absolute Gasteiger partial charge is 0.480 e. The van der Waals surface area contributed by atoms with Gasteiger partial charge in [0.25, 0.3) is 0 Å². The Hall–Kier alpha value is -1.47. The molecule has 0 bridgehead atoms. The second-order valence-electron chi connectivity index (χ2n) is 5.01. The van der Waals surface area contributed by atoms with Crippen molar-refractivity contribution >= 4 is 17.7 Å². The molecule has 7 nitrogen and oxygen atoms in total. The molecule has 104 valence electrons. The summed E-state index contributed by atoms with van der Waals surface area (Å²) in [4.78, 5) is 33.3. The van der Waals surface area contributed by atoms with Crippen LogP contribution in [-0.4, -0.2) is 34.8 Å². The molecular weight excluding hydrogens is 238 g/mol. The molecule has 0 heterocycles. The molecule has 0 aliphatic heterocycles. The van der Waals surface area contributed by atoms with Crippen LogP contribution in [0.15, 0.2) is 0 Å². The van der Waals surface area contributed by atoms with Gasteiger partial charge in [0.15, 0.2) is 5.78 Å². The van der Waals surface area contributed by atoms with Crippen LogP contribution in [0.25, 0.3) is 0 Å². The molecule has 18 heavy (non-hydrogen) atoms. The Kier molecular flexibility index (Phi) is 5.93. The monoisotopic (exact) mass is 259 g/mol. The first-order valence-corrected chi connectivity index (χ1v) is 5.64. The molecule has 0 spiro atoms. The minimum atomic E-state index is -1.17. The number of carboxylic acids is 1. The van der Waals surface area contributed by atoms with E-state index < -0.39 is 29.4 Å². The topological polar surface area (TPSA) is 150 Å². The van der Waals surface area contributed by atoms with Crippen molar-refractivity contribution in [2.24, 2.45) is 22.6 Å². The predicted molar refractivity (Wildman–Crippen MR) is 65.4 cm³/mol. The highest BCUT2D eigenvalue weighted by molar-refractivity contribution is 5.90. The Bertz CT molecular complexity index is 341. The van der Waals surface area contributed by atoms with Crippen LogP contribution in [0, 0.1) is 5.41 Å². The van der Waals surface area contributed by atoms with Gasteiger partial charge >= 0.3 is 5.97 Å². The number of hydrogen-bond donors (Lipinski definition) is 4.